The van der Waals surface area contributed by atoms with E-state index in [1.165, 1.54) is 30.3 Å². The van der Waals surface area contributed by atoms with Crippen molar-refractivity contribution in [1.29, 1.82) is 0 Å². The second kappa shape index (κ2) is 8.77. The fraction of sp³-hybridized carbons (Fsp3) is 0.179. The molecule has 11 heteroatoms. The summed E-state index contributed by atoms with van der Waals surface area (Å²) in [6.45, 7) is 0. The fourth-order valence-electron chi connectivity index (χ4n) is 5.77. The van der Waals surface area contributed by atoms with E-state index in [2.05, 4.69) is 5.32 Å². The lowest BCUT2D eigenvalue weighted by Crippen LogP contribution is -2.57. The first-order valence-corrected chi connectivity index (χ1v) is 12.1. The molecule has 0 spiro atoms. The van der Waals surface area contributed by atoms with Crippen LogP contribution in [0.15, 0.2) is 83.3 Å². The first-order valence-electron chi connectivity index (χ1n) is 12.1. The molecule has 3 aromatic carbocycles. The van der Waals surface area contributed by atoms with Crippen molar-refractivity contribution in [2.24, 2.45) is 11.8 Å². The molecule has 0 saturated carbocycles. The zero-order valence-corrected chi connectivity index (χ0v) is 20.2. The Morgan fingerprint density at radius 1 is 1.03 bits per heavy atom. The molecule has 3 heterocycles. The summed E-state index contributed by atoms with van der Waals surface area (Å²) < 4.78 is 6.01. The lowest BCUT2D eigenvalue weighted by Gasteiger charge is -2.31. The van der Waals surface area contributed by atoms with Crippen LogP contribution in [0.2, 0.25) is 0 Å². The number of aromatic hydroxyl groups is 1. The van der Waals surface area contributed by atoms with E-state index in [1.807, 2.05) is 12.1 Å². The summed E-state index contributed by atoms with van der Waals surface area (Å²) in [6.07, 6.45) is -0.178. The molecule has 4 unspecified atom stereocenters. The number of nitro benzene ring substituents is 1. The second-order valence-electron chi connectivity index (χ2n) is 9.72. The average molecular weight is 527 g/mol. The number of anilines is 1. The summed E-state index contributed by atoms with van der Waals surface area (Å²) in [5.41, 5.74) is -1.20. The van der Waals surface area contributed by atoms with Gasteiger partial charge in [-0.05, 0) is 35.9 Å². The van der Waals surface area contributed by atoms with Gasteiger partial charge in [0.2, 0.25) is 11.8 Å². The Kier molecular flexibility index (Phi) is 5.47. The number of fused-ring (bicyclic) bond motifs is 2. The number of carboxylic acids is 1. The van der Waals surface area contributed by atoms with Crippen LogP contribution in [0.3, 0.4) is 0 Å². The number of benzene rings is 3. The number of aliphatic carboxylic acids is 1. The molecule has 196 valence electrons. The van der Waals surface area contributed by atoms with Crippen molar-refractivity contribution >= 4 is 40.1 Å². The number of hydrogen-bond acceptors (Lipinski definition) is 8. The van der Waals surface area contributed by atoms with Crippen molar-refractivity contribution in [2.45, 2.75) is 18.0 Å². The normalized spacial score (nSPS) is 24.3. The molecule has 0 aliphatic carbocycles. The van der Waals surface area contributed by atoms with E-state index in [-0.39, 0.29) is 23.5 Å². The van der Waals surface area contributed by atoms with Gasteiger partial charge in [-0.1, -0.05) is 36.4 Å². The molecule has 6 rings (SSSR count). The lowest BCUT2D eigenvalue weighted by atomic mass is 9.76. The van der Waals surface area contributed by atoms with Gasteiger partial charge in [0.1, 0.15) is 22.6 Å². The molecule has 11 nitrogen and oxygen atoms in total. The molecule has 2 aliphatic rings. The number of non-ortho nitro benzene ring substituents is 1. The minimum atomic E-state index is -1.92. The molecular weight excluding hydrogens is 506 g/mol. The lowest BCUT2D eigenvalue weighted by molar-refractivity contribution is -0.384. The quantitative estimate of drug-likeness (QED) is 0.193. The van der Waals surface area contributed by atoms with Gasteiger partial charge in [-0.3, -0.25) is 29.8 Å². The third-order valence-corrected chi connectivity index (χ3v) is 7.50. The Morgan fingerprint density at radius 3 is 2.46 bits per heavy atom. The highest BCUT2D eigenvalue weighted by atomic mass is 16.6. The molecule has 2 amide bonds. The van der Waals surface area contributed by atoms with Gasteiger partial charge in [-0.2, -0.15) is 0 Å². The third-order valence-electron chi connectivity index (χ3n) is 7.50. The van der Waals surface area contributed by atoms with Crippen LogP contribution in [-0.2, 0) is 20.8 Å². The van der Waals surface area contributed by atoms with E-state index < -0.39 is 46.1 Å². The zero-order valence-electron chi connectivity index (χ0n) is 20.2. The van der Waals surface area contributed by atoms with Crippen molar-refractivity contribution in [1.82, 2.24) is 5.32 Å². The maximum atomic E-state index is 14.0. The average Bonchev–Trinajstić information content (AvgIpc) is 3.57. The van der Waals surface area contributed by atoms with Crippen LogP contribution in [0, 0.1) is 22.0 Å². The van der Waals surface area contributed by atoms with Crippen LogP contribution in [0.5, 0.6) is 5.75 Å². The molecular formula is C28H21N3O8. The fourth-order valence-corrected chi connectivity index (χ4v) is 5.77. The number of carboxylic acid groups (broad SMARTS) is 1. The standard InChI is InChI=1S/C28H21N3O8/c32-19-10-8-15(9-11-19)14-28(27(35)36)23-22(24(29-28)21-12-16-4-1-2-7-20(16)39-21)25(33)30(26(23)34)17-5-3-6-18(13-17)31(37)38/h1-13,22-24,29,32H,14H2,(H,35,36). The van der Waals surface area contributed by atoms with E-state index >= 15 is 0 Å². The summed E-state index contributed by atoms with van der Waals surface area (Å²) in [7, 11) is 0. The Labute approximate surface area is 220 Å². The van der Waals surface area contributed by atoms with E-state index in [9.17, 15) is 34.7 Å². The van der Waals surface area contributed by atoms with Crippen molar-refractivity contribution in [2.75, 3.05) is 4.90 Å². The molecule has 4 aromatic rings. The van der Waals surface area contributed by atoms with Gasteiger partial charge in [0, 0.05) is 23.9 Å². The predicted molar refractivity (Wildman–Crippen MR) is 137 cm³/mol. The molecule has 2 fully saturated rings. The Hall–Kier alpha value is -5.03. The molecule has 39 heavy (non-hydrogen) atoms. The first kappa shape index (κ1) is 24.3. The summed E-state index contributed by atoms with van der Waals surface area (Å²) in [6, 6.07) is 18.9. The summed E-state index contributed by atoms with van der Waals surface area (Å²) >= 11 is 0. The van der Waals surface area contributed by atoms with Crippen molar-refractivity contribution in [3.8, 4) is 5.75 Å². The van der Waals surface area contributed by atoms with Crippen molar-refractivity contribution in [3.63, 3.8) is 0 Å². The third kappa shape index (κ3) is 3.74. The van der Waals surface area contributed by atoms with Gasteiger partial charge in [0.15, 0.2) is 0 Å². The zero-order chi connectivity index (χ0) is 27.5. The maximum absolute atomic E-state index is 14.0. The van der Waals surface area contributed by atoms with Gasteiger partial charge in [-0.25, -0.2) is 4.90 Å². The Bertz CT molecular complexity index is 1630. The molecule has 3 N–H and O–H groups in total. The van der Waals surface area contributed by atoms with E-state index in [1.54, 1.807) is 30.3 Å². The number of nitrogens with zero attached hydrogens (tertiary/aromatic N) is 2. The number of imide groups is 1. The monoisotopic (exact) mass is 527 g/mol. The molecule has 4 atom stereocenters. The molecule has 0 bridgehead atoms. The highest BCUT2D eigenvalue weighted by Crippen LogP contribution is 2.51. The predicted octanol–water partition coefficient (Wildman–Crippen LogP) is 3.56. The number of rotatable bonds is 6. The number of carbonyl (C=O) groups is 3. The number of nitro groups is 1. The van der Waals surface area contributed by atoms with Crippen LogP contribution in [0.1, 0.15) is 17.4 Å². The van der Waals surface area contributed by atoms with Crippen LogP contribution in [0.25, 0.3) is 11.0 Å². The molecule has 2 aliphatic heterocycles. The van der Waals surface area contributed by atoms with E-state index in [0.29, 0.717) is 16.9 Å². The second-order valence-corrected chi connectivity index (χ2v) is 9.72. The van der Waals surface area contributed by atoms with E-state index in [4.69, 9.17) is 4.42 Å². The molecule has 1 aromatic heterocycles. The number of carbonyl (C=O) groups excluding carboxylic acids is 2. The number of phenols is 1. The van der Waals surface area contributed by atoms with Gasteiger partial charge < -0.3 is 14.6 Å². The van der Waals surface area contributed by atoms with Gasteiger partial charge in [-0.15, -0.1) is 0 Å². The number of amides is 2. The highest BCUT2D eigenvalue weighted by Gasteiger charge is 2.69. The van der Waals surface area contributed by atoms with Crippen molar-refractivity contribution in [3.05, 3.63) is 100 Å². The van der Waals surface area contributed by atoms with Gasteiger partial charge in [0.25, 0.3) is 5.69 Å². The minimum Gasteiger partial charge on any atom is -0.508 e. The molecule has 0 radical (unpaired) electrons. The summed E-state index contributed by atoms with van der Waals surface area (Å²) in [4.78, 5) is 52.4. The van der Waals surface area contributed by atoms with E-state index in [0.717, 1.165) is 16.4 Å². The number of hydrogen-bond donors (Lipinski definition) is 3. The highest BCUT2D eigenvalue weighted by molar-refractivity contribution is 6.24. The first-order chi connectivity index (χ1) is 18.7. The topological polar surface area (TPSA) is 163 Å². The number of nitrogens with one attached hydrogen (secondary N) is 1. The Morgan fingerprint density at radius 2 is 1.77 bits per heavy atom. The van der Waals surface area contributed by atoms with Crippen molar-refractivity contribution < 1.29 is 33.9 Å². The van der Waals surface area contributed by atoms with Crippen LogP contribution >= 0.6 is 0 Å². The Balaban J connectivity index is 1.51. The summed E-state index contributed by atoms with van der Waals surface area (Å²) in [5.74, 6) is -5.04. The van der Waals surface area contributed by atoms with Crippen LogP contribution in [0.4, 0.5) is 11.4 Å². The van der Waals surface area contributed by atoms with Crippen LogP contribution in [-0.4, -0.2) is 38.5 Å². The number of phenolic OH excluding ortho intramolecular Hbond substituents is 1. The number of furan rings is 1. The SMILES string of the molecule is O=C1C2C(c3cc4ccccc4o3)NC(Cc3ccc(O)cc3)(C(=O)O)C2C(=O)N1c1cccc([N+](=O)[O-])c1. The maximum Gasteiger partial charge on any atom is 0.325 e. The largest absolute Gasteiger partial charge is 0.508 e. The van der Waals surface area contributed by atoms with Crippen LogP contribution < -0.4 is 10.2 Å². The summed E-state index contributed by atoms with van der Waals surface area (Å²) in [5, 5.41) is 35.5. The van der Waals surface area contributed by atoms with Gasteiger partial charge in [0.05, 0.1) is 28.5 Å². The smallest absolute Gasteiger partial charge is 0.325 e. The minimum absolute atomic E-state index is 0.00972. The van der Waals surface area contributed by atoms with Gasteiger partial charge >= 0.3 is 5.97 Å². The molecule has 2 saturated heterocycles. The number of para-hydroxylation sites is 1.